The molecule has 126 valence electrons. The van der Waals surface area contributed by atoms with Crippen LogP contribution in [0.5, 0.6) is 0 Å². The number of hydrogen-bond donors (Lipinski definition) is 1. The standard InChI is InChI=1S/C17H12BrN3O3S/c1-10-8-13(21(23)24)6-7-14(10)19-17-20-16(22)15(25-17)9-11-2-4-12(18)5-3-11/h2-9H,1H3,(H,19,20,22)/b15-9-. The molecule has 1 fully saturated rings. The van der Waals surface area contributed by atoms with E-state index in [-0.39, 0.29) is 11.6 Å². The average molecular weight is 418 g/mol. The summed E-state index contributed by atoms with van der Waals surface area (Å²) in [5.41, 5.74) is 2.18. The lowest BCUT2D eigenvalue weighted by atomic mass is 10.2. The van der Waals surface area contributed by atoms with Crippen LogP contribution in [0.1, 0.15) is 11.1 Å². The largest absolute Gasteiger partial charge is 0.300 e. The minimum absolute atomic E-state index is 0.0142. The molecule has 25 heavy (non-hydrogen) atoms. The van der Waals surface area contributed by atoms with Gasteiger partial charge in [-0.15, -0.1) is 0 Å². The number of hydrogen-bond acceptors (Lipinski definition) is 5. The third-order valence-corrected chi connectivity index (χ3v) is 4.87. The minimum atomic E-state index is -0.449. The van der Waals surface area contributed by atoms with Gasteiger partial charge < -0.3 is 5.32 Å². The van der Waals surface area contributed by atoms with E-state index in [0.717, 1.165) is 10.0 Å². The molecular weight excluding hydrogens is 406 g/mol. The Hall–Kier alpha value is -2.45. The van der Waals surface area contributed by atoms with Gasteiger partial charge in [0.15, 0.2) is 5.17 Å². The lowest BCUT2D eigenvalue weighted by molar-refractivity contribution is -0.384. The van der Waals surface area contributed by atoms with Crippen LogP contribution in [0.25, 0.3) is 6.08 Å². The third kappa shape index (κ3) is 4.15. The van der Waals surface area contributed by atoms with E-state index >= 15 is 0 Å². The summed E-state index contributed by atoms with van der Waals surface area (Å²) in [4.78, 5) is 27.4. The number of nitro groups is 1. The van der Waals surface area contributed by atoms with Gasteiger partial charge in [0, 0.05) is 16.6 Å². The maximum atomic E-state index is 12.1. The van der Waals surface area contributed by atoms with Gasteiger partial charge in [-0.05, 0) is 54.1 Å². The molecule has 3 rings (SSSR count). The molecule has 0 saturated carbocycles. The van der Waals surface area contributed by atoms with Crippen LogP contribution in [0, 0.1) is 17.0 Å². The van der Waals surface area contributed by atoms with Crippen molar-refractivity contribution >= 4 is 56.2 Å². The number of halogens is 1. The SMILES string of the molecule is Cc1cc([N+](=O)[O-])ccc1N=C1NC(=O)/C(=C/c2ccc(Br)cc2)S1. The molecule has 0 radical (unpaired) electrons. The molecule has 1 saturated heterocycles. The molecule has 0 atom stereocenters. The number of non-ortho nitro benzene ring substituents is 1. The topological polar surface area (TPSA) is 84.6 Å². The summed E-state index contributed by atoms with van der Waals surface area (Å²) < 4.78 is 0.967. The maximum Gasteiger partial charge on any atom is 0.269 e. The van der Waals surface area contributed by atoms with Crippen LogP contribution < -0.4 is 5.32 Å². The first-order valence-corrected chi connectivity index (χ1v) is 8.83. The molecule has 0 bridgehead atoms. The summed E-state index contributed by atoms with van der Waals surface area (Å²) in [6.07, 6.45) is 1.79. The zero-order chi connectivity index (χ0) is 18.0. The molecule has 2 aromatic rings. The van der Waals surface area contributed by atoms with Crippen molar-refractivity contribution in [2.24, 2.45) is 4.99 Å². The zero-order valence-corrected chi connectivity index (χ0v) is 15.4. The van der Waals surface area contributed by atoms with Gasteiger partial charge in [-0.1, -0.05) is 28.1 Å². The Morgan fingerprint density at radius 3 is 2.60 bits per heavy atom. The van der Waals surface area contributed by atoms with Crippen molar-refractivity contribution in [2.45, 2.75) is 6.92 Å². The van der Waals surface area contributed by atoms with E-state index in [9.17, 15) is 14.9 Å². The van der Waals surface area contributed by atoms with Gasteiger partial charge in [-0.2, -0.15) is 0 Å². The van der Waals surface area contributed by atoms with Crippen LogP contribution in [0.15, 0.2) is 56.8 Å². The Balaban J connectivity index is 1.83. The summed E-state index contributed by atoms with van der Waals surface area (Å²) in [5, 5.41) is 13.9. The molecule has 0 spiro atoms. The molecule has 1 aliphatic heterocycles. The average Bonchev–Trinajstić information content (AvgIpc) is 2.91. The van der Waals surface area contributed by atoms with Gasteiger partial charge in [0.25, 0.3) is 11.6 Å². The normalized spacial score (nSPS) is 17.1. The number of thioether (sulfide) groups is 1. The maximum absolute atomic E-state index is 12.1. The highest BCUT2D eigenvalue weighted by molar-refractivity contribution is 9.10. The summed E-state index contributed by atoms with van der Waals surface area (Å²) in [6, 6.07) is 12.0. The summed E-state index contributed by atoms with van der Waals surface area (Å²) in [5.74, 6) is -0.216. The van der Waals surface area contributed by atoms with E-state index in [0.29, 0.717) is 21.3 Å². The van der Waals surface area contributed by atoms with Crippen LogP contribution in [0.2, 0.25) is 0 Å². The number of nitrogens with zero attached hydrogens (tertiary/aromatic N) is 2. The van der Waals surface area contributed by atoms with Gasteiger partial charge in [-0.25, -0.2) is 4.99 Å². The first kappa shape index (κ1) is 17.4. The Bertz CT molecular complexity index is 923. The monoisotopic (exact) mass is 417 g/mol. The quantitative estimate of drug-likeness (QED) is 0.450. The fourth-order valence-corrected chi connectivity index (χ4v) is 3.28. The molecular formula is C17H12BrN3O3S. The van der Waals surface area contributed by atoms with Crippen molar-refractivity contribution in [3.8, 4) is 0 Å². The van der Waals surface area contributed by atoms with Gasteiger partial charge >= 0.3 is 0 Å². The zero-order valence-electron chi connectivity index (χ0n) is 13.0. The van der Waals surface area contributed by atoms with Crippen LogP contribution in [-0.2, 0) is 4.79 Å². The molecule has 1 N–H and O–H groups in total. The van der Waals surface area contributed by atoms with Gasteiger partial charge in [-0.3, -0.25) is 14.9 Å². The van der Waals surface area contributed by atoms with Crippen molar-refractivity contribution in [1.82, 2.24) is 5.32 Å². The molecule has 6 nitrogen and oxygen atoms in total. The Labute approximate surface area is 156 Å². The molecule has 1 amide bonds. The summed E-state index contributed by atoms with van der Waals surface area (Å²) in [6.45, 7) is 1.74. The number of carbonyl (C=O) groups excluding carboxylic acids is 1. The number of carbonyl (C=O) groups is 1. The van der Waals surface area contributed by atoms with E-state index in [1.54, 1.807) is 19.1 Å². The minimum Gasteiger partial charge on any atom is -0.300 e. The number of aryl methyl sites for hydroxylation is 1. The van der Waals surface area contributed by atoms with Crippen LogP contribution in [0.3, 0.4) is 0 Å². The van der Waals surface area contributed by atoms with Gasteiger partial charge in [0.1, 0.15) is 0 Å². The van der Waals surface area contributed by atoms with Crippen molar-refractivity contribution < 1.29 is 9.72 Å². The third-order valence-electron chi connectivity index (χ3n) is 3.43. The van der Waals surface area contributed by atoms with Gasteiger partial charge in [0.05, 0.1) is 15.5 Å². The molecule has 0 aromatic heterocycles. The number of rotatable bonds is 3. The van der Waals surface area contributed by atoms with E-state index < -0.39 is 4.92 Å². The molecule has 1 heterocycles. The molecule has 0 unspecified atom stereocenters. The summed E-state index contributed by atoms with van der Waals surface area (Å²) >= 11 is 4.61. The first-order chi connectivity index (χ1) is 11.9. The first-order valence-electron chi connectivity index (χ1n) is 7.22. The number of amides is 1. The van der Waals surface area contributed by atoms with Crippen molar-refractivity contribution in [3.63, 3.8) is 0 Å². The van der Waals surface area contributed by atoms with Crippen LogP contribution in [0.4, 0.5) is 11.4 Å². The van der Waals surface area contributed by atoms with E-state index in [4.69, 9.17) is 0 Å². The van der Waals surface area contributed by atoms with Gasteiger partial charge in [0.2, 0.25) is 0 Å². The highest BCUT2D eigenvalue weighted by atomic mass is 79.9. The van der Waals surface area contributed by atoms with E-state index in [2.05, 4.69) is 26.2 Å². The van der Waals surface area contributed by atoms with Crippen LogP contribution >= 0.6 is 27.7 Å². The summed E-state index contributed by atoms with van der Waals surface area (Å²) in [7, 11) is 0. The number of benzene rings is 2. The van der Waals surface area contributed by atoms with Crippen molar-refractivity contribution in [3.05, 3.63) is 73.1 Å². The van der Waals surface area contributed by atoms with E-state index in [1.165, 1.54) is 23.9 Å². The Morgan fingerprint density at radius 1 is 1.24 bits per heavy atom. The highest BCUT2D eigenvalue weighted by Crippen LogP contribution is 2.30. The Morgan fingerprint density at radius 2 is 1.96 bits per heavy atom. The Kier molecular flexibility index (Phi) is 5.00. The smallest absolute Gasteiger partial charge is 0.269 e. The second kappa shape index (κ2) is 7.20. The number of aliphatic imine (C=N–C) groups is 1. The lowest BCUT2D eigenvalue weighted by Crippen LogP contribution is -2.19. The fourth-order valence-electron chi connectivity index (χ4n) is 2.18. The van der Waals surface area contributed by atoms with Crippen molar-refractivity contribution in [2.75, 3.05) is 0 Å². The second-order valence-corrected chi connectivity index (χ2v) is 7.21. The predicted octanol–water partition coefficient (Wildman–Crippen LogP) is 4.56. The lowest BCUT2D eigenvalue weighted by Gasteiger charge is -2.01. The highest BCUT2D eigenvalue weighted by Gasteiger charge is 2.24. The second-order valence-electron chi connectivity index (χ2n) is 5.26. The van der Waals surface area contributed by atoms with Crippen molar-refractivity contribution in [1.29, 1.82) is 0 Å². The molecule has 1 aliphatic rings. The number of amidine groups is 1. The van der Waals surface area contributed by atoms with E-state index in [1.807, 2.05) is 24.3 Å². The predicted molar refractivity (Wildman–Crippen MR) is 103 cm³/mol. The number of nitro benzene ring substituents is 1. The van der Waals surface area contributed by atoms with Crippen LogP contribution in [-0.4, -0.2) is 16.0 Å². The molecule has 8 heteroatoms. The number of nitrogens with one attached hydrogen (secondary N) is 1. The molecule has 0 aliphatic carbocycles. The molecule has 2 aromatic carbocycles. The fraction of sp³-hybridized carbons (Fsp3) is 0.0588.